The molecule has 0 fully saturated rings. The second-order valence-corrected chi connectivity index (χ2v) is 54.7. The third kappa shape index (κ3) is 14.5. The number of rotatable bonds is 22. The fraction of sp³-hybridized carbons (Fsp3) is 0.236. The lowest BCUT2D eigenvalue weighted by molar-refractivity contribution is 0.658. The zero-order chi connectivity index (χ0) is 103. The van der Waals surface area contributed by atoms with E-state index in [0.29, 0.717) is 11.8 Å². The van der Waals surface area contributed by atoms with E-state index in [2.05, 4.69) is 519 Å². The molecule has 26 rings (SSSR count). The maximum absolute atomic E-state index is 2.79. The average molecular weight is 1980 g/mol. The molecule has 20 aromatic rings. The highest BCUT2D eigenvalue weighted by Crippen LogP contribution is 2.65. The zero-order valence-electron chi connectivity index (χ0n) is 90.4. The monoisotopic (exact) mass is 1980 g/mol. The molecule has 4 heterocycles. The highest BCUT2D eigenvalue weighted by Gasteiger charge is 2.54. The normalized spacial score (nSPS) is 15.4. The van der Waals surface area contributed by atoms with E-state index in [1.54, 1.807) is 20.7 Å². The van der Waals surface area contributed by atoms with Crippen LogP contribution in [0.1, 0.15) is 246 Å². The van der Waals surface area contributed by atoms with Gasteiger partial charge in [0.2, 0.25) is 0 Å². The summed E-state index contributed by atoms with van der Waals surface area (Å²) in [6, 6.07) is 157. The number of hydrogen-bond acceptors (Lipinski definition) is 4. The number of aryl methyl sites for hydroxylation is 4. The van der Waals surface area contributed by atoms with Crippen molar-refractivity contribution in [2.75, 3.05) is 19.6 Å². The summed E-state index contributed by atoms with van der Waals surface area (Å²) in [4.78, 5) is 10.6. The molecule has 0 atom stereocenters. The summed E-state index contributed by atoms with van der Waals surface area (Å²) in [6.45, 7) is 37.7. The van der Waals surface area contributed by atoms with E-state index in [1.165, 1.54) is 298 Å². The molecule has 0 aromatic heterocycles. The summed E-state index contributed by atoms with van der Waals surface area (Å²) in [5.41, 5.74) is 43.0. The summed E-state index contributed by atoms with van der Waals surface area (Å²) in [6.07, 6.45) is 9.94. The highest BCUT2D eigenvalue weighted by molar-refractivity contribution is 7.05. The maximum atomic E-state index is 2.79. The molecular weight excluding hydrogens is 1840 g/mol. The molecule has 6 heteroatoms. The Bertz CT molecular complexity index is 8500. The minimum Gasteiger partial charge on any atom is -0.310 e. The van der Waals surface area contributed by atoms with Crippen molar-refractivity contribution in [2.24, 2.45) is 0 Å². The van der Waals surface area contributed by atoms with Gasteiger partial charge in [0.05, 0.1) is 45.0 Å². The van der Waals surface area contributed by atoms with Crippen LogP contribution < -0.4 is 40.3 Å². The Morgan fingerprint density at radius 2 is 0.527 bits per heavy atom. The van der Waals surface area contributed by atoms with Crippen molar-refractivity contribution >= 4 is 148 Å². The van der Waals surface area contributed by atoms with Crippen molar-refractivity contribution in [3.63, 3.8) is 0 Å². The van der Waals surface area contributed by atoms with Crippen LogP contribution in [0.15, 0.2) is 388 Å². The Kier molecular flexibility index (Phi) is 23.9. The van der Waals surface area contributed by atoms with Gasteiger partial charge < -0.3 is 19.6 Å². The first kappa shape index (κ1) is 96.2. The third-order valence-electron chi connectivity index (χ3n) is 36.2. The van der Waals surface area contributed by atoms with Crippen molar-refractivity contribution in [2.45, 2.75) is 220 Å². The van der Waals surface area contributed by atoms with Crippen LogP contribution in [0, 0.1) is 27.7 Å². The van der Waals surface area contributed by atoms with E-state index in [1.807, 2.05) is 0 Å². The van der Waals surface area contributed by atoms with Crippen LogP contribution in [0.4, 0.5) is 68.2 Å². The number of fused-ring (bicyclic) bond motifs is 15. The Morgan fingerprint density at radius 1 is 0.227 bits per heavy atom. The van der Waals surface area contributed by atoms with Crippen molar-refractivity contribution in [1.82, 2.24) is 0 Å². The smallest absolute Gasteiger partial charge is 0.123 e. The van der Waals surface area contributed by atoms with Gasteiger partial charge in [-0.2, -0.15) is 0 Å². The van der Waals surface area contributed by atoms with E-state index in [4.69, 9.17) is 0 Å². The Morgan fingerprint density at radius 3 is 0.893 bits per heavy atom. The summed E-state index contributed by atoms with van der Waals surface area (Å²) in [5.74, 6) is 0.646. The topological polar surface area (TPSA) is 13.0 Å². The molecule has 0 amide bonds. The number of nitrogens with zero attached hydrogens (tertiary/aromatic N) is 4. The molecule has 2 aliphatic carbocycles. The Labute approximate surface area is 891 Å². The van der Waals surface area contributed by atoms with E-state index in [0.717, 1.165) is 11.4 Å². The van der Waals surface area contributed by atoms with Crippen molar-refractivity contribution < 1.29 is 0 Å². The second kappa shape index (κ2) is 37.2. The van der Waals surface area contributed by atoms with Crippen LogP contribution in [-0.4, -0.2) is 16.1 Å². The van der Waals surface area contributed by atoms with E-state index in [9.17, 15) is 0 Å². The standard InChI is InChI=1S/C73H58N2.C71H80N2Si2/c1-47-23-33-53(34-24-47)72(54-35-25-48(2)26-36-54)62-17-9-12-20-67(62)74(68-21-13-10-18-63(68)72)57-41-31-52-44-58(42-32-51(52)43-57)75-69-22-14-11-19-64(69)73(55-37-27-49(3)28-38-55,56-39-29-50(4)30-40-56)66-45-60-59-15-7-8-16-61(59)71(5,6)65(60)46-70(66)75;1-11-15-39-74(40-16-12-2)65-32-24-21-29-59(65)72(60-30-22-25-33-66(60)74)62-43-54(47(5)6)50-36-38-53-63(44-55(48(7)8)51-35-37-52(62)69(50)70(51)53)73-61-31-23-26-34-67(61)75(41-17-13-3,42-18-14-4)68-45-56-49-27-19-20-28-57(49)71(9,10)58(56)46-64(68)73/h7-46H,1-6H3;19-38,43-48H,11-18,39-42H2,1-10H3. The summed E-state index contributed by atoms with van der Waals surface area (Å²) < 4.78 is 0. The predicted octanol–water partition coefficient (Wildman–Crippen LogP) is 37.7. The SMILES string of the molecule is CCCC[Si]1(CCCC)c2ccccc2N(c2cc(C(C)C)c3ccc4c(N5c6ccccc6[Si](CCCC)(CCCC)c6cc7c(cc65)C(C)(C)c5ccccc5-7)cc(C(C)C)c5ccc2c3c54)c2ccccc21.Cc1ccc(C2(c3ccc(C)cc3)c3ccccc3N(c3ccc4cc(N5c6ccccc6C(c6ccc(C)cc6)(c6ccc(C)cc6)c6cc7c(cc65)C(C)(C)c5ccccc5-7)ccc4c3)c3ccccc32)cc1. The first-order valence-corrected chi connectivity index (χ1v) is 60.8. The molecule has 742 valence electrons. The lowest BCUT2D eigenvalue weighted by Crippen LogP contribution is -2.62. The molecule has 0 N–H and O–H groups in total. The van der Waals surface area contributed by atoms with Gasteiger partial charge in [0.1, 0.15) is 16.1 Å². The van der Waals surface area contributed by atoms with E-state index < -0.39 is 27.0 Å². The third-order valence-corrected chi connectivity index (χ3v) is 46.8. The number of para-hydroxylation sites is 6. The molecule has 0 unspecified atom stereocenters. The van der Waals surface area contributed by atoms with Gasteiger partial charge in [-0.25, -0.2) is 0 Å². The fourth-order valence-corrected chi connectivity index (χ4v) is 40.2. The van der Waals surface area contributed by atoms with Crippen LogP contribution in [0.25, 0.3) is 65.3 Å². The molecule has 150 heavy (non-hydrogen) atoms. The van der Waals surface area contributed by atoms with E-state index >= 15 is 0 Å². The summed E-state index contributed by atoms with van der Waals surface area (Å²) >= 11 is 0. The quantitative estimate of drug-likeness (QED) is 0.0495. The minimum atomic E-state index is -2.29. The minimum absolute atomic E-state index is 0.115. The van der Waals surface area contributed by atoms with Gasteiger partial charge in [-0.3, -0.25) is 0 Å². The Balaban J connectivity index is 0.000000155. The molecule has 20 aromatic carbocycles. The molecule has 0 saturated heterocycles. The second-order valence-electron chi connectivity index (χ2n) is 46.2. The van der Waals surface area contributed by atoms with Crippen LogP contribution >= 0.6 is 0 Å². The molecule has 4 nitrogen and oxygen atoms in total. The van der Waals surface area contributed by atoms with Gasteiger partial charge in [0.25, 0.3) is 0 Å². The van der Waals surface area contributed by atoms with Crippen molar-refractivity contribution in [1.29, 1.82) is 0 Å². The molecule has 0 saturated carbocycles. The van der Waals surface area contributed by atoms with Crippen LogP contribution in [0.3, 0.4) is 0 Å². The van der Waals surface area contributed by atoms with Gasteiger partial charge in [-0.1, -0.05) is 454 Å². The maximum Gasteiger partial charge on any atom is 0.123 e. The number of anilines is 12. The van der Waals surface area contributed by atoms with Crippen LogP contribution in [0.2, 0.25) is 24.2 Å². The number of hydrogen-bond donors (Lipinski definition) is 0. The summed E-state index contributed by atoms with van der Waals surface area (Å²) in [7, 11) is -4.41. The first-order valence-electron chi connectivity index (χ1n) is 56.0. The van der Waals surface area contributed by atoms with Gasteiger partial charge in [0, 0.05) is 55.7 Å². The molecule has 4 aliphatic heterocycles. The summed E-state index contributed by atoms with van der Waals surface area (Å²) in [5, 5.41) is 17.2. The van der Waals surface area contributed by atoms with Gasteiger partial charge in [-0.05, 0) is 308 Å². The fourth-order valence-electron chi connectivity index (χ4n) is 28.7. The Hall–Kier alpha value is -14.7. The van der Waals surface area contributed by atoms with Gasteiger partial charge >= 0.3 is 0 Å². The van der Waals surface area contributed by atoms with E-state index in [-0.39, 0.29) is 10.8 Å². The zero-order valence-corrected chi connectivity index (χ0v) is 92.4. The van der Waals surface area contributed by atoms with Crippen LogP contribution in [0.5, 0.6) is 0 Å². The van der Waals surface area contributed by atoms with Gasteiger partial charge in [0.15, 0.2) is 0 Å². The average Bonchev–Trinajstić information content (AvgIpc) is 1.01. The van der Waals surface area contributed by atoms with Crippen LogP contribution in [-0.2, 0) is 21.7 Å². The number of unbranched alkanes of at least 4 members (excludes halogenated alkanes) is 4. The lowest BCUT2D eigenvalue weighted by Gasteiger charge is -2.47. The largest absolute Gasteiger partial charge is 0.310 e. The van der Waals surface area contributed by atoms with Crippen molar-refractivity contribution in [3.8, 4) is 22.3 Å². The molecule has 6 aliphatic rings. The lowest BCUT2D eigenvalue weighted by atomic mass is 9.61. The molecule has 0 spiro atoms. The molecular formula is C144H138N4Si2. The molecule has 0 radical (unpaired) electrons. The van der Waals surface area contributed by atoms with Crippen molar-refractivity contribution in [3.05, 3.63) is 488 Å². The number of benzene rings is 20. The first-order chi connectivity index (χ1) is 73.0. The highest BCUT2D eigenvalue weighted by atomic mass is 28.3. The predicted molar refractivity (Wildman–Crippen MR) is 648 cm³/mol. The van der Waals surface area contributed by atoms with Gasteiger partial charge in [-0.15, -0.1) is 0 Å². The molecule has 0 bridgehead atoms.